The molecule has 0 heterocycles. The molecule has 2 N–H and O–H groups in total. The van der Waals surface area contributed by atoms with Gasteiger partial charge in [0.1, 0.15) is 18.8 Å². The van der Waals surface area contributed by atoms with Crippen LogP contribution in [-0.4, -0.2) is 73.9 Å². The lowest BCUT2D eigenvalue weighted by Gasteiger charge is -2.39. The fourth-order valence-electron chi connectivity index (χ4n) is 3.88. The molecule has 1 rings (SSSR count). The summed E-state index contributed by atoms with van der Waals surface area (Å²) in [6.45, 7) is 19.9. The van der Waals surface area contributed by atoms with Gasteiger partial charge in [0.25, 0.3) is 0 Å². The monoisotopic (exact) mass is 667 g/mol. The average Bonchev–Trinajstić information content (AvgIpc) is 2.95. The zero-order valence-electron chi connectivity index (χ0n) is 29.1. The zero-order valence-corrected chi connectivity index (χ0v) is 30.1. The first kappa shape index (κ1) is 40.6. The Morgan fingerprint density at radius 2 is 1.46 bits per heavy atom. The van der Waals surface area contributed by atoms with Crippen LogP contribution in [0.15, 0.2) is 30.3 Å². The highest BCUT2D eigenvalue weighted by Gasteiger charge is 2.43. The summed E-state index contributed by atoms with van der Waals surface area (Å²) in [5.41, 5.74) is 0.696. The molecule has 6 atom stereocenters. The van der Waals surface area contributed by atoms with Gasteiger partial charge in [-0.25, -0.2) is 24.0 Å². The minimum Gasteiger partial charge on any atom is -0.478 e. The third-order valence-electron chi connectivity index (χ3n) is 7.98. The van der Waals surface area contributed by atoms with Crippen molar-refractivity contribution in [3.8, 4) is 0 Å². The van der Waals surface area contributed by atoms with Gasteiger partial charge in [0.05, 0.1) is 0 Å². The molecule has 13 heteroatoms. The van der Waals surface area contributed by atoms with Crippen molar-refractivity contribution in [2.24, 2.45) is 11.8 Å². The number of ether oxygens (including phenoxy) is 4. The standard InChI is InChI=1S/C33H53NO11Si/c1-12-21(4)27(28(35)36)44-29(37)23(6)43-31(39)26(34-32(40)41-19-24-16-14-13-15-17-24)22(5)42-30(38)25(18-20(2)3)45-46(10,11)33(7,8)9/h13-17,20-23,25-27H,12,18-19H2,1-11H3,(H,34,40)(H,35,36)/t21?,22-,23+,25+,26+,27+/m1/s1. The van der Waals surface area contributed by atoms with E-state index in [-0.39, 0.29) is 17.6 Å². The summed E-state index contributed by atoms with van der Waals surface area (Å²) in [5.74, 6) is -4.67. The van der Waals surface area contributed by atoms with Crippen molar-refractivity contribution >= 4 is 38.3 Å². The lowest BCUT2D eigenvalue weighted by atomic mass is 10.0. The van der Waals surface area contributed by atoms with Crippen LogP contribution in [0.25, 0.3) is 0 Å². The van der Waals surface area contributed by atoms with E-state index in [1.165, 1.54) is 13.8 Å². The van der Waals surface area contributed by atoms with E-state index >= 15 is 0 Å². The number of carboxylic acid groups (broad SMARTS) is 1. The Labute approximate surface area is 274 Å². The molecule has 1 amide bonds. The van der Waals surface area contributed by atoms with Crippen molar-refractivity contribution in [2.75, 3.05) is 0 Å². The Balaban J connectivity index is 3.20. The lowest BCUT2D eigenvalue weighted by molar-refractivity contribution is -0.180. The number of alkyl carbamates (subject to hydrolysis) is 1. The largest absolute Gasteiger partial charge is 0.478 e. The molecular weight excluding hydrogens is 614 g/mol. The quantitative estimate of drug-likeness (QED) is 0.120. The summed E-state index contributed by atoms with van der Waals surface area (Å²) >= 11 is 0. The van der Waals surface area contributed by atoms with Crippen LogP contribution >= 0.6 is 0 Å². The maximum atomic E-state index is 13.5. The van der Waals surface area contributed by atoms with Gasteiger partial charge in [-0.2, -0.15) is 0 Å². The minimum atomic E-state index is -2.41. The van der Waals surface area contributed by atoms with E-state index in [9.17, 15) is 29.1 Å². The van der Waals surface area contributed by atoms with Crippen molar-refractivity contribution in [3.63, 3.8) is 0 Å². The Kier molecular flexibility index (Phi) is 15.9. The number of carboxylic acids is 1. The van der Waals surface area contributed by atoms with Crippen LogP contribution in [0.4, 0.5) is 4.79 Å². The Morgan fingerprint density at radius 3 is 1.96 bits per heavy atom. The molecule has 260 valence electrons. The molecule has 0 radical (unpaired) electrons. The van der Waals surface area contributed by atoms with Crippen molar-refractivity contribution in [1.82, 2.24) is 5.32 Å². The molecule has 0 aromatic heterocycles. The molecule has 0 aliphatic carbocycles. The van der Waals surface area contributed by atoms with Crippen LogP contribution in [0.3, 0.4) is 0 Å². The summed E-state index contributed by atoms with van der Waals surface area (Å²) in [6, 6.07) is 7.25. The normalized spacial score (nSPS) is 15.8. The molecule has 1 aromatic carbocycles. The van der Waals surface area contributed by atoms with Gasteiger partial charge in [-0.1, -0.05) is 78.8 Å². The number of carbonyl (C=O) groups is 5. The highest BCUT2D eigenvalue weighted by atomic mass is 28.4. The lowest BCUT2D eigenvalue weighted by Crippen LogP contribution is -2.53. The fraction of sp³-hybridized carbons (Fsp3) is 0.667. The number of amides is 1. The molecule has 1 aromatic rings. The predicted octanol–water partition coefficient (Wildman–Crippen LogP) is 5.62. The number of nitrogens with one attached hydrogen (secondary N) is 1. The molecule has 0 bridgehead atoms. The smallest absolute Gasteiger partial charge is 0.408 e. The first-order valence-corrected chi connectivity index (χ1v) is 18.6. The third kappa shape index (κ3) is 13.1. The molecule has 0 aliphatic rings. The summed E-state index contributed by atoms with van der Waals surface area (Å²) in [5, 5.41) is 11.7. The number of hydrogen-bond acceptors (Lipinski definition) is 10. The van der Waals surface area contributed by atoms with Crippen LogP contribution in [-0.2, 0) is 49.2 Å². The zero-order chi connectivity index (χ0) is 35.4. The van der Waals surface area contributed by atoms with Crippen molar-refractivity contribution in [1.29, 1.82) is 0 Å². The number of hydrogen-bond donors (Lipinski definition) is 2. The number of carbonyl (C=O) groups excluding carboxylic acids is 4. The highest BCUT2D eigenvalue weighted by molar-refractivity contribution is 6.74. The van der Waals surface area contributed by atoms with Gasteiger partial charge in [0, 0.05) is 5.92 Å². The SMILES string of the molecule is CCC(C)[C@H](OC(=O)[C@H](C)OC(=O)[C@@H](NC(=O)OCc1ccccc1)[C@@H](C)OC(=O)[C@H](CC(C)C)O[Si](C)(C)C(C)(C)C)C(=O)O. The van der Waals surface area contributed by atoms with Gasteiger partial charge in [0.15, 0.2) is 20.5 Å². The van der Waals surface area contributed by atoms with E-state index in [0.717, 1.165) is 0 Å². The fourth-order valence-corrected chi connectivity index (χ4v) is 5.14. The van der Waals surface area contributed by atoms with Gasteiger partial charge >= 0.3 is 30.0 Å². The predicted molar refractivity (Wildman–Crippen MR) is 173 cm³/mol. The maximum absolute atomic E-state index is 13.5. The van der Waals surface area contributed by atoms with Gasteiger partial charge in [-0.15, -0.1) is 0 Å². The third-order valence-corrected chi connectivity index (χ3v) is 12.5. The molecule has 0 fully saturated rings. The Morgan fingerprint density at radius 1 is 0.870 bits per heavy atom. The molecule has 0 saturated carbocycles. The second-order valence-electron chi connectivity index (χ2n) is 13.5. The number of benzene rings is 1. The number of esters is 3. The van der Waals surface area contributed by atoms with E-state index in [4.69, 9.17) is 23.4 Å². The van der Waals surface area contributed by atoms with E-state index < -0.39 is 74.7 Å². The van der Waals surface area contributed by atoms with Gasteiger partial charge < -0.3 is 33.8 Å². The molecule has 0 saturated heterocycles. The van der Waals surface area contributed by atoms with Crippen LogP contribution in [0.5, 0.6) is 0 Å². The van der Waals surface area contributed by atoms with Crippen molar-refractivity contribution < 1.29 is 52.5 Å². The first-order chi connectivity index (χ1) is 21.2. The van der Waals surface area contributed by atoms with E-state index in [1.54, 1.807) is 44.2 Å². The molecule has 0 spiro atoms. The van der Waals surface area contributed by atoms with Gasteiger partial charge in [-0.05, 0) is 56.3 Å². The topological polar surface area (TPSA) is 164 Å². The van der Waals surface area contributed by atoms with Crippen LogP contribution in [0.1, 0.15) is 80.7 Å². The summed E-state index contributed by atoms with van der Waals surface area (Å²) in [4.78, 5) is 64.0. The molecule has 1 unspecified atom stereocenters. The Hall–Kier alpha value is -3.45. The molecular formula is C33H53NO11Si. The molecule has 0 aliphatic heterocycles. The van der Waals surface area contributed by atoms with Crippen LogP contribution < -0.4 is 5.32 Å². The first-order valence-electron chi connectivity index (χ1n) is 15.7. The maximum Gasteiger partial charge on any atom is 0.408 e. The minimum absolute atomic E-state index is 0.0846. The van der Waals surface area contributed by atoms with E-state index in [1.807, 2.05) is 47.7 Å². The van der Waals surface area contributed by atoms with Crippen molar-refractivity contribution in [2.45, 2.75) is 130 Å². The summed E-state index contributed by atoms with van der Waals surface area (Å²) < 4.78 is 27.8. The second-order valence-corrected chi connectivity index (χ2v) is 18.2. The van der Waals surface area contributed by atoms with Gasteiger partial charge in [-0.3, -0.25) is 0 Å². The molecule has 12 nitrogen and oxygen atoms in total. The molecule has 46 heavy (non-hydrogen) atoms. The van der Waals surface area contributed by atoms with Gasteiger partial charge in [0.2, 0.25) is 6.10 Å². The summed E-state index contributed by atoms with van der Waals surface area (Å²) in [6.07, 6.45) is -5.40. The second kappa shape index (κ2) is 18.0. The van der Waals surface area contributed by atoms with E-state index in [0.29, 0.717) is 18.4 Å². The van der Waals surface area contributed by atoms with Crippen LogP contribution in [0, 0.1) is 11.8 Å². The van der Waals surface area contributed by atoms with Crippen LogP contribution in [0.2, 0.25) is 18.1 Å². The van der Waals surface area contributed by atoms with Crippen molar-refractivity contribution in [3.05, 3.63) is 35.9 Å². The average molecular weight is 668 g/mol. The highest BCUT2D eigenvalue weighted by Crippen LogP contribution is 2.38. The summed E-state index contributed by atoms with van der Waals surface area (Å²) in [7, 11) is -2.41. The number of aliphatic carboxylic acids is 1. The van der Waals surface area contributed by atoms with E-state index in [2.05, 4.69) is 5.32 Å². The Bertz CT molecular complexity index is 1170. The number of rotatable bonds is 17.